The van der Waals surface area contributed by atoms with E-state index in [9.17, 15) is 18.0 Å². The smallest absolute Gasteiger partial charge is 0.252 e. The minimum absolute atomic E-state index is 0.0698. The van der Waals surface area contributed by atoms with Gasteiger partial charge in [-0.15, -0.1) is 0 Å². The van der Waals surface area contributed by atoms with Crippen molar-refractivity contribution in [2.75, 3.05) is 13.1 Å². The molecule has 8 heteroatoms. The van der Waals surface area contributed by atoms with Crippen LogP contribution in [0.5, 0.6) is 0 Å². The summed E-state index contributed by atoms with van der Waals surface area (Å²) in [6, 6.07) is 13.8. The molecule has 1 fully saturated rings. The molecule has 0 saturated carbocycles. The van der Waals surface area contributed by atoms with Crippen LogP contribution in [0.2, 0.25) is 0 Å². The molecule has 174 valence electrons. The van der Waals surface area contributed by atoms with Crippen LogP contribution in [0.25, 0.3) is 10.9 Å². The van der Waals surface area contributed by atoms with Gasteiger partial charge in [-0.3, -0.25) is 9.59 Å². The minimum Gasteiger partial charge on any atom is -0.352 e. The Morgan fingerprint density at radius 2 is 1.88 bits per heavy atom. The maximum atomic E-state index is 13.3. The molecule has 2 heterocycles. The molecule has 2 aromatic carbocycles. The highest BCUT2D eigenvalue weighted by atomic mass is 32.2. The number of amides is 1. The summed E-state index contributed by atoms with van der Waals surface area (Å²) in [5, 5.41) is 3.27. The van der Waals surface area contributed by atoms with Gasteiger partial charge in [-0.1, -0.05) is 36.2 Å². The van der Waals surface area contributed by atoms with Gasteiger partial charge in [-0.25, -0.2) is 8.42 Å². The summed E-state index contributed by atoms with van der Waals surface area (Å²) < 4.78 is 28.1. The molecule has 0 aliphatic carbocycles. The molecular formula is C25H29N3O4S. The molecule has 1 aliphatic rings. The van der Waals surface area contributed by atoms with Crippen molar-refractivity contribution in [1.82, 2.24) is 14.6 Å². The number of hydrogen-bond acceptors (Lipinski definition) is 4. The van der Waals surface area contributed by atoms with Crippen LogP contribution >= 0.6 is 0 Å². The van der Waals surface area contributed by atoms with E-state index in [0.29, 0.717) is 30.4 Å². The fourth-order valence-corrected chi connectivity index (χ4v) is 6.04. The number of nitrogens with one attached hydrogen (secondary N) is 2. The summed E-state index contributed by atoms with van der Waals surface area (Å²) in [4.78, 5) is 27.9. The van der Waals surface area contributed by atoms with Crippen LogP contribution in [0.15, 0.2) is 58.2 Å². The summed E-state index contributed by atoms with van der Waals surface area (Å²) in [5.41, 5.74) is 2.45. The van der Waals surface area contributed by atoms with Crippen molar-refractivity contribution < 1.29 is 13.2 Å². The van der Waals surface area contributed by atoms with Crippen molar-refractivity contribution in [3.05, 3.63) is 75.6 Å². The zero-order valence-corrected chi connectivity index (χ0v) is 19.7. The minimum atomic E-state index is -3.70. The predicted octanol–water partition coefficient (Wildman–Crippen LogP) is 3.37. The number of hydrogen-bond donors (Lipinski definition) is 2. The maximum Gasteiger partial charge on any atom is 0.252 e. The number of aromatic nitrogens is 1. The number of benzene rings is 2. The number of carbonyl (C=O) groups is 1. The molecule has 1 amide bonds. The molecule has 0 radical (unpaired) electrons. The first-order valence-corrected chi connectivity index (χ1v) is 12.7. The van der Waals surface area contributed by atoms with E-state index in [2.05, 4.69) is 10.3 Å². The maximum absolute atomic E-state index is 13.3. The van der Waals surface area contributed by atoms with Crippen LogP contribution in [0.3, 0.4) is 0 Å². The molecule has 2 N–H and O–H groups in total. The fraction of sp³-hybridized carbons (Fsp3) is 0.360. The number of aryl methyl sites for hydroxylation is 1. The van der Waals surface area contributed by atoms with Gasteiger partial charge in [0, 0.05) is 36.1 Å². The number of piperidine rings is 1. The van der Waals surface area contributed by atoms with Crippen LogP contribution in [0, 0.1) is 6.92 Å². The Hall–Kier alpha value is -2.97. The van der Waals surface area contributed by atoms with Crippen molar-refractivity contribution >= 4 is 26.8 Å². The Labute approximate surface area is 193 Å². The molecule has 0 spiro atoms. The average Bonchev–Trinajstić information content (AvgIpc) is 2.79. The molecular weight excluding hydrogens is 438 g/mol. The zero-order valence-electron chi connectivity index (χ0n) is 18.9. The number of nitrogens with zero attached hydrogens (tertiary/aromatic N) is 1. The number of H-pyrrole nitrogens is 1. The fourth-order valence-electron chi connectivity index (χ4n) is 4.32. The predicted molar refractivity (Wildman–Crippen MR) is 129 cm³/mol. The third-order valence-electron chi connectivity index (χ3n) is 6.23. The molecule has 7 nitrogen and oxygen atoms in total. The monoisotopic (exact) mass is 467 g/mol. The quantitative estimate of drug-likeness (QED) is 0.581. The van der Waals surface area contributed by atoms with Gasteiger partial charge in [0.2, 0.25) is 15.6 Å². The van der Waals surface area contributed by atoms with E-state index in [1.165, 1.54) is 28.1 Å². The average molecular weight is 468 g/mol. The normalized spacial score (nSPS) is 17.2. The SMILES string of the molecule is Cc1ccc(CCNC(=O)c2cc(=O)[nH]c3ccc(S(=O)(=O)N4CCCCC4C)cc23)cc1. The lowest BCUT2D eigenvalue weighted by Crippen LogP contribution is -2.41. The highest BCUT2D eigenvalue weighted by Crippen LogP contribution is 2.27. The van der Waals surface area contributed by atoms with E-state index < -0.39 is 21.5 Å². The van der Waals surface area contributed by atoms with Crippen molar-refractivity contribution in [2.45, 2.75) is 50.5 Å². The Bertz CT molecular complexity index is 1330. The molecule has 1 saturated heterocycles. The van der Waals surface area contributed by atoms with Crippen molar-refractivity contribution in [2.24, 2.45) is 0 Å². The molecule has 33 heavy (non-hydrogen) atoms. The Kier molecular flexibility index (Phi) is 6.67. The first kappa shape index (κ1) is 23.2. The van der Waals surface area contributed by atoms with Gasteiger partial charge in [0.25, 0.3) is 5.91 Å². The second-order valence-corrected chi connectivity index (χ2v) is 10.6. The van der Waals surface area contributed by atoms with Crippen molar-refractivity contribution in [3.63, 3.8) is 0 Å². The Balaban J connectivity index is 1.61. The van der Waals surface area contributed by atoms with Crippen LogP contribution in [-0.2, 0) is 16.4 Å². The van der Waals surface area contributed by atoms with E-state index in [4.69, 9.17) is 0 Å². The Morgan fingerprint density at radius 3 is 2.61 bits per heavy atom. The van der Waals surface area contributed by atoms with Gasteiger partial charge in [-0.05, 0) is 56.9 Å². The number of carbonyl (C=O) groups excluding carboxylic acids is 1. The van der Waals surface area contributed by atoms with Crippen LogP contribution in [0.1, 0.15) is 47.7 Å². The van der Waals surface area contributed by atoms with Gasteiger partial charge in [0.1, 0.15) is 0 Å². The van der Waals surface area contributed by atoms with E-state index in [1.807, 2.05) is 38.1 Å². The van der Waals surface area contributed by atoms with Crippen molar-refractivity contribution in [1.29, 1.82) is 0 Å². The van der Waals surface area contributed by atoms with Crippen LogP contribution in [0.4, 0.5) is 0 Å². The van der Waals surface area contributed by atoms with E-state index in [1.54, 1.807) is 6.07 Å². The molecule has 0 bridgehead atoms. The van der Waals surface area contributed by atoms with E-state index in [0.717, 1.165) is 24.8 Å². The van der Waals surface area contributed by atoms with Gasteiger partial charge in [-0.2, -0.15) is 4.31 Å². The van der Waals surface area contributed by atoms with Crippen molar-refractivity contribution in [3.8, 4) is 0 Å². The number of rotatable bonds is 6. The molecule has 1 aliphatic heterocycles. The first-order valence-electron chi connectivity index (χ1n) is 11.3. The van der Waals surface area contributed by atoms with Gasteiger partial charge in [0.15, 0.2) is 0 Å². The lowest BCUT2D eigenvalue weighted by atomic mass is 10.1. The second-order valence-electron chi connectivity index (χ2n) is 8.71. The highest BCUT2D eigenvalue weighted by Gasteiger charge is 2.31. The first-order chi connectivity index (χ1) is 15.8. The molecule has 1 atom stereocenters. The second kappa shape index (κ2) is 9.49. The summed E-state index contributed by atoms with van der Waals surface area (Å²) >= 11 is 0. The summed E-state index contributed by atoms with van der Waals surface area (Å²) in [7, 11) is -3.70. The number of fused-ring (bicyclic) bond motifs is 1. The lowest BCUT2D eigenvalue weighted by molar-refractivity contribution is 0.0955. The number of sulfonamides is 1. The largest absolute Gasteiger partial charge is 0.352 e. The molecule has 1 aromatic heterocycles. The lowest BCUT2D eigenvalue weighted by Gasteiger charge is -2.32. The van der Waals surface area contributed by atoms with E-state index >= 15 is 0 Å². The third-order valence-corrected chi connectivity index (χ3v) is 8.24. The van der Waals surface area contributed by atoms with Crippen LogP contribution in [-0.4, -0.2) is 42.7 Å². The molecule has 4 rings (SSSR count). The van der Waals surface area contributed by atoms with Gasteiger partial charge >= 0.3 is 0 Å². The molecule has 3 aromatic rings. The topological polar surface area (TPSA) is 99.3 Å². The number of pyridine rings is 1. The third kappa shape index (κ3) is 5.02. The summed E-state index contributed by atoms with van der Waals surface area (Å²) in [6.45, 7) is 4.82. The van der Waals surface area contributed by atoms with Crippen LogP contribution < -0.4 is 10.9 Å². The summed E-state index contributed by atoms with van der Waals surface area (Å²) in [6.07, 6.45) is 3.33. The zero-order chi connectivity index (χ0) is 23.6. The van der Waals surface area contributed by atoms with Gasteiger partial charge < -0.3 is 10.3 Å². The van der Waals surface area contributed by atoms with Gasteiger partial charge in [0.05, 0.1) is 10.5 Å². The standard InChI is InChI=1S/C25H29N3O4S/c1-17-6-8-19(9-7-17)12-13-26-25(30)22-16-24(29)27-23-11-10-20(15-21(22)23)33(31,32)28-14-4-3-5-18(28)2/h6-11,15-16,18H,3-5,12-14H2,1-2H3,(H,26,30)(H,27,29). The highest BCUT2D eigenvalue weighted by molar-refractivity contribution is 7.89. The van der Waals surface area contributed by atoms with E-state index in [-0.39, 0.29) is 16.5 Å². The number of aromatic amines is 1. The Morgan fingerprint density at radius 1 is 1.12 bits per heavy atom. The molecule has 1 unspecified atom stereocenters. The summed E-state index contributed by atoms with van der Waals surface area (Å²) in [5.74, 6) is -0.404.